The Kier molecular flexibility index (Phi) is 15.8. The number of aryl methyl sites for hydroxylation is 2. The van der Waals surface area contributed by atoms with Crippen LogP contribution in [-0.2, 0) is 20.8 Å². The van der Waals surface area contributed by atoms with Crippen molar-refractivity contribution in [2.24, 2.45) is 5.41 Å². The number of thiophene rings is 1. The number of hydrogen-bond acceptors (Lipinski definition) is 11. The largest absolute Gasteiger partial charge is 0.391 e. The lowest BCUT2D eigenvalue weighted by Crippen LogP contribution is -2.55. The summed E-state index contributed by atoms with van der Waals surface area (Å²) in [4.78, 5) is 78.8. The Balaban J connectivity index is 0.852. The maximum atomic E-state index is 14.0. The normalized spacial score (nSPS) is 15.2. The van der Waals surface area contributed by atoms with E-state index < -0.39 is 23.6 Å². The molecule has 6 N–H and O–H groups in total. The van der Waals surface area contributed by atoms with E-state index in [9.17, 15) is 29.1 Å². The molecule has 67 heavy (non-hydrogen) atoms. The van der Waals surface area contributed by atoms with Gasteiger partial charge in [0.05, 0.1) is 44.4 Å². The molecule has 0 saturated carbocycles. The second kappa shape index (κ2) is 21.9. The molecule has 0 spiro atoms. The number of para-hydroxylation sites is 1. The SMILES string of the molecule is Cc1ccccc1Nc1ncc(C(=O)NCCCCCC(=O)N[C@@H](C)C(C)(C)C(=O)N2C[C@H](O)C[C@H]2C(=O)NCCc2ccc(-c3scnc3C)cc2)cc1NC(=O)c1csc2ccccc12. The van der Waals surface area contributed by atoms with Gasteiger partial charge in [-0.05, 0) is 88.8 Å². The Morgan fingerprint density at radius 2 is 1.63 bits per heavy atom. The van der Waals surface area contributed by atoms with E-state index in [1.54, 1.807) is 38.2 Å². The van der Waals surface area contributed by atoms with Crippen LogP contribution in [0.1, 0.15) is 90.4 Å². The molecule has 0 bridgehead atoms. The van der Waals surface area contributed by atoms with Gasteiger partial charge in [0.15, 0.2) is 5.82 Å². The van der Waals surface area contributed by atoms with E-state index in [2.05, 4.69) is 48.7 Å². The summed E-state index contributed by atoms with van der Waals surface area (Å²) < 4.78 is 0.994. The predicted molar refractivity (Wildman–Crippen MR) is 266 cm³/mol. The smallest absolute Gasteiger partial charge is 0.257 e. The highest BCUT2D eigenvalue weighted by molar-refractivity contribution is 7.17. The van der Waals surface area contributed by atoms with E-state index in [1.165, 1.54) is 22.4 Å². The lowest BCUT2D eigenvalue weighted by molar-refractivity contribution is -0.147. The summed E-state index contributed by atoms with van der Waals surface area (Å²) in [6.07, 6.45) is 3.46. The van der Waals surface area contributed by atoms with Gasteiger partial charge in [-0.3, -0.25) is 24.0 Å². The number of anilines is 3. The van der Waals surface area contributed by atoms with Crippen molar-refractivity contribution in [2.75, 3.05) is 30.3 Å². The summed E-state index contributed by atoms with van der Waals surface area (Å²) in [7, 11) is 0. The van der Waals surface area contributed by atoms with Gasteiger partial charge in [-0.1, -0.05) is 67.1 Å². The number of likely N-dealkylation sites (tertiary alicyclic amines) is 1. The molecule has 3 aromatic heterocycles. The van der Waals surface area contributed by atoms with Crippen LogP contribution in [0.4, 0.5) is 17.2 Å². The van der Waals surface area contributed by atoms with Gasteiger partial charge < -0.3 is 36.6 Å². The number of benzene rings is 3. The number of aromatic nitrogens is 2. The van der Waals surface area contributed by atoms with Gasteiger partial charge in [0.25, 0.3) is 11.8 Å². The number of pyridine rings is 1. The molecule has 14 nitrogen and oxygen atoms in total. The summed E-state index contributed by atoms with van der Waals surface area (Å²) in [5, 5.41) is 28.4. The first-order valence-corrected chi connectivity index (χ1v) is 24.4. The number of amides is 5. The minimum absolute atomic E-state index is 0.0357. The Labute approximate surface area is 399 Å². The van der Waals surface area contributed by atoms with Crippen LogP contribution in [0.3, 0.4) is 0 Å². The number of aliphatic hydroxyl groups excluding tert-OH is 1. The maximum Gasteiger partial charge on any atom is 0.257 e. The van der Waals surface area contributed by atoms with Gasteiger partial charge >= 0.3 is 0 Å². The Bertz CT molecular complexity index is 2730. The summed E-state index contributed by atoms with van der Waals surface area (Å²) in [6.45, 7) is 9.98. The Morgan fingerprint density at radius 3 is 2.39 bits per heavy atom. The van der Waals surface area contributed by atoms with Crippen LogP contribution in [0.2, 0.25) is 0 Å². The van der Waals surface area contributed by atoms with E-state index in [0.29, 0.717) is 55.8 Å². The van der Waals surface area contributed by atoms with Crippen LogP contribution in [0.25, 0.3) is 20.5 Å². The van der Waals surface area contributed by atoms with Crippen molar-refractivity contribution >= 4 is 79.5 Å². The highest BCUT2D eigenvalue weighted by atomic mass is 32.1. The van der Waals surface area contributed by atoms with Crippen LogP contribution < -0.4 is 26.6 Å². The monoisotopic (exact) mass is 942 g/mol. The second-order valence-electron chi connectivity index (χ2n) is 17.6. The Morgan fingerprint density at radius 1 is 0.866 bits per heavy atom. The number of rotatable bonds is 19. The minimum Gasteiger partial charge on any atom is -0.391 e. The predicted octanol–water partition coefficient (Wildman–Crippen LogP) is 8.17. The first-order chi connectivity index (χ1) is 32.2. The lowest BCUT2D eigenvalue weighted by atomic mass is 9.83. The number of unbranched alkanes of at least 4 members (excludes halogenated alkanes) is 2. The molecule has 1 saturated heterocycles. The number of β-amino-alcohol motifs (C(OH)–C–C–N with tert-alkyl or cyclic N) is 1. The molecule has 1 fully saturated rings. The van der Waals surface area contributed by atoms with Crippen molar-refractivity contribution in [2.45, 2.75) is 91.3 Å². The molecule has 16 heteroatoms. The molecular weight excluding hydrogens is 885 g/mol. The number of aliphatic hydroxyl groups is 1. The number of fused-ring (bicyclic) bond motifs is 1. The van der Waals surface area contributed by atoms with Gasteiger partial charge in [0.2, 0.25) is 17.7 Å². The maximum absolute atomic E-state index is 14.0. The van der Waals surface area contributed by atoms with Crippen LogP contribution in [0.15, 0.2) is 96.0 Å². The highest BCUT2D eigenvalue weighted by Gasteiger charge is 2.46. The zero-order chi connectivity index (χ0) is 47.7. The number of thiazole rings is 1. The molecule has 5 amide bonds. The van der Waals surface area contributed by atoms with Crippen molar-refractivity contribution in [3.8, 4) is 10.4 Å². The lowest BCUT2D eigenvalue weighted by Gasteiger charge is -2.36. The second-order valence-corrected chi connectivity index (χ2v) is 19.4. The standard InChI is InChI=1S/C51H58N8O6S2/c1-31-13-8-10-15-40(31)57-46-41(58-48(63)39-29-66-43-16-11-9-14-38(39)43)25-36(27-54-46)47(62)52-23-12-6-7-17-44(61)56-33(3)51(4,5)50(65)59-28-37(60)26-42(59)49(64)53-24-22-34-18-20-35(21-19-34)45-32(2)55-30-67-45/h8-11,13-16,18-21,25,27,29-30,33,37,42,60H,6-7,12,17,22-24,26,28H2,1-5H3,(H,52,62)(H,53,64)(H,54,57)(H,56,61)(H,58,63)/t33-,37+,42-/m0/s1. The van der Waals surface area contributed by atoms with Crippen LogP contribution in [0.5, 0.6) is 0 Å². The first kappa shape index (κ1) is 48.4. The fraction of sp³-hybridized carbons (Fsp3) is 0.353. The molecule has 6 aromatic rings. The zero-order valence-corrected chi connectivity index (χ0v) is 40.1. The number of carbonyl (C=O) groups is 5. The molecule has 4 heterocycles. The number of carbonyl (C=O) groups excluding carboxylic acids is 5. The number of nitrogens with one attached hydrogen (secondary N) is 5. The topological polar surface area (TPSA) is 195 Å². The van der Waals surface area contributed by atoms with Crippen LogP contribution in [0, 0.1) is 19.3 Å². The zero-order valence-electron chi connectivity index (χ0n) is 38.5. The quantitative estimate of drug-likeness (QED) is 0.0435. The van der Waals surface area contributed by atoms with Crippen LogP contribution in [-0.4, -0.2) is 87.3 Å². The molecule has 3 aromatic carbocycles. The third-order valence-electron chi connectivity index (χ3n) is 12.4. The van der Waals surface area contributed by atoms with E-state index in [1.807, 2.05) is 85.4 Å². The molecule has 1 aliphatic rings. The van der Waals surface area contributed by atoms with Crippen LogP contribution >= 0.6 is 22.7 Å². The molecule has 3 atom stereocenters. The Hall–Kier alpha value is -6.49. The van der Waals surface area contributed by atoms with E-state index in [4.69, 9.17) is 0 Å². The van der Waals surface area contributed by atoms with Gasteiger partial charge in [0.1, 0.15) is 6.04 Å². The number of hydrogen-bond donors (Lipinski definition) is 6. The minimum atomic E-state index is -1.06. The summed E-state index contributed by atoms with van der Waals surface area (Å²) >= 11 is 3.08. The highest BCUT2D eigenvalue weighted by Crippen LogP contribution is 2.32. The molecule has 0 unspecified atom stereocenters. The van der Waals surface area contributed by atoms with Crippen molar-refractivity contribution in [3.05, 3.63) is 124 Å². The molecular formula is C51H58N8O6S2. The van der Waals surface area contributed by atoms with E-state index >= 15 is 0 Å². The van der Waals surface area contributed by atoms with E-state index in [-0.39, 0.29) is 54.5 Å². The first-order valence-electron chi connectivity index (χ1n) is 22.6. The fourth-order valence-corrected chi connectivity index (χ4v) is 9.80. The van der Waals surface area contributed by atoms with Crippen molar-refractivity contribution in [3.63, 3.8) is 0 Å². The van der Waals surface area contributed by atoms with Gasteiger partial charge in [-0.2, -0.15) is 0 Å². The van der Waals surface area contributed by atoms with Gasteiger partial charge in [0, 0.05) is 65.9 Å². The molecule has 0 radical (unpaired) electrons. The van der Waals surface area contributed by atoms with Crippen molar-refractivity contribution in [1.29, 1.82) is 0 Å². The molecule has 7 rings (SSSR count). The fourth-order valence-electron chi connectivity index (χ4n) is 8.04. The van der Waals surface area contributed by atoms with Crippen molar-refractivity contribution < 1.29 is 29.1 Å². The van der Waals surface area contributed by atoms with Gasteiger partial charge in [-0.15, -0.1) is 22.7 Å². The van der Waals surface area contributed by atoms with Crippen molar-refractivity contribution in [1.82, 2.24) is 30.8 Å². The summed E-state index contributed by atoms with van der Waals surface area (Å²) in [5.74, 6) is -1.11. The molecule has 350 valence electrons. The average molecular weight is 943 g/mol. The third kappa shape index (κ3) is 11.9. The summed E-state index contributed by atoms with van der Waals surface area (Å²) in [5.41, 5.74) is 6.89. The molecule has 1 aliphatic heterocycles. The molecule has 0 aliphatic carbocycles. The average Bonchev–Trinajstić information content (AvgIpc) is 4.06. The summed E-state index contributed by atoms with van der Waals surface area (Å²) in [6, 6.07) is 23.8. The number of nitrogens with zero attached hydrogens (tertiary/aromatic N) is 3. The van der Waals surface area contributed by atoms with E-state index in [0.717, 1.165) is 43.0 Å². The third-order valence-corrected chi connectivity index (χ3v) is 14.4. The van der Waals surface area contributed by atoms with Gasteiger partial charge in [-0.25, -0.2) is 9.97 Å².